The fourth-order valence-corrected chi connectivity index (χ4v) is 4.07. The van der Waals surface area contributed by atoms with Crippen LogP contribution in [0.2, 0.25) is 0 Å². The van der Waals surface area contributed by atoms with Gasteiger partial charge in [0, 0.05) is 18.5 Å². The summed E-state index contributed by atoms with van der Waals surface area (Å²) in [7, 11) is 0. The normalized spacial score (nSPS) is 15.8. The molecular formula is C24H23NO4. The topological polar surface area (TPSA) is 66.8 Å². The standard InChI is InChI=1S/C24H23NO4/c26-22(17-29-21-12-6-8-18-7-4-5-11-20(18)21)25-15-13-24(14-16-25,23(27)28)19-9-2-1-3-10-19/h1-12H,13-17H2,(H,27,28). The second-order valence-corrected chi connectivity index (χ2v) is 7.40. The molecule has 5 nitrogen and oxygen atoms in total. The van der Waals surface area contributed by atoms with Crippen molar-refractivity contribution >= 4 is 22.6 Å². The highest BCUT2D eigenvalue weighted by atomic mass is 16.5. The molecule has 3 aromatic carbocycles. The second-order valence-electron chi connectivity index (χ2n) is 7.40. The zero-order chi connectivity index (χ0) is 20.3. The largest absolute Gasteiger partial charge is 0.483 e. The number of carbonyl (C=O) groups excluding carboxylic acids is 1. The van der Waals surface area contributed by atoms with E-state index in [1.165, 1.54) is 0 Å². The van der Waals surface area contributed by atoms with Crippen LogP contribution in [0.3, 0.4) is 0 Å². The molecule has 5 heteroatoms. The lowest BCUT2D eigenvalue weighted by molar-refractivity contribution is -0.148. The van der Waals surface area contributed by atoms with Crippen LogP contribution in [0.5, 0.6) is 5.75 Å². The van der Waals surface area contributed by atoms with E-state index in [-0.39, 0.29) is 12.5 Å². The molecule has 0 atom stereocenters. The van der Waals surface area contributed by atoms with Gasteiger partial charge in [-0.15, -0.1) is 0 Å². The van der Waals surface area contributed by atoms with E-state index in [9.17, 15) is 14.7 Å². The zero-order valence-corrected chi connectivity index (χ0v) is 16.1. The zero-order valence-electron chi connectivity index (χ0n) is 16.1. The summed E-state index contributed by atoms with van der Waals surface area (Å²) in [4.78, 5) is 26.4. The van der Waals surface area contributed by atoms with Crippen molar-refractivity contribution < 1.29 is 19.4 Å². The summed E-state index contributed by atoms with van der Waals surface area (Å²) < 4.78 is 5.81. The van der Waals surface area contributed by atoms with Gasteiger partial charge in [-0.3, -0.25) is 9.59 Å². The fourth-order valence-electron chi connectivity index (χ4n) is 4.07. The number of carboxylic acid groups (broad SMARTS) is 1. The average Bonchev–Trinajstić information content (AvgIpc) is 2.78. The van der Waals surface area contributed by atoms with Gasteiger partial charge in [0.25, 0.3) is 5.91 Å². The van der Waals surface area contributed by atoms with E-state index in [4.69, 9.17) is 4.74 Å². The first-order valence-electron chi connectivity index (χ1n) is 9.77. The van der Waals surface area contributed by atoms with Gasteiger partial charge in [-0.2, -0.15) is 0 Å². The molecule has 1 fully saturated rings. The molecule has 0 aromatic heterocycles. The van der Waals surface area contributed by atoms with Gasteiger partial charge in [0.15, 0.2) is 6.61 Å². The predicted molar refractivity (Wildman–Crippen MR) is 111 cm³/mol. The molecule has 29 heavy (non-hydrogen) atoms. The van der Waals surface area contributed by atoms with E-state index in [1.807, 2.05) is 72.8 Å². The van der Waals surface area contributed by atoms with Crippen molar-refractivity contribution in [1.29, 1.82) is 0 Å². The number of carbonyl (C=O) groups is 2. The van der Waals surface area contributed by atoms with Crippen LogP contribution in [0, 0.1) is 0 Å². The number of rotatable bonds is 5. The average molecular weight is 389 g/mol. The maximum atomic E-state index is 12.7. The van der Waals surface area contributed by atoms with Gasteiger partial charge in [0.05, 0.1) is 5.41 Å². The molecule has 1 amide bonds. The van der Waals surface area contributed by atoms with Gasteiger partial charge in [0.2, 0.25) is 0 Å². The minimum Gasteiger partial charge on any atom is -0.483 e. The van der Waals surface area contributed by atoms with Gasteiger partial charge in [0.1, 0.15) is 5.75 Å². The number of hydrogen-bond acceptors (Lipinski definition) is 3. The minimum atomic E-state index is -0.936. The molecule has 1 heterocycles. The molecule has 0 saturated carbocycles. The quantitative estimate of drug-likeness (QED) is 0.720. The highest BCUT2D eigenvalue weighted by Gasteiger charge is 2.43. The first kappa shape index (κ1) is 19.0. The van der Waals surface area contributed by atoms with Crippen molar-refractivity contribution in [2.24, 2.45) is 0 Å². The molecule has 0 aliphatic carbocycles. The monoisotopic (exact) mass is 389 g/mol. The van der Waals surface area contributed by atoms with E-state index < -0.39 is 11.4 Å². The lowest BCUT2D eigenvalue weighted by Gasteiger charge is -2.39. The maximum absolute atomic E-state index is 12.7. The van der Waals surface area contributed by atoms with Gasteiger partial charge in [-0.05, 0) is 29.9 Å². The first-order valence-corrected chi connectivity index (χ1v) is 9.77. The summed E-state index contributed by atoms with van der Waals surface area (Å²) in [6.45, 7) is 0.747. The Labute approximate surface area is 169 Å². The van der Waals surface area contributed by atoms with E-state index in [0.29, 0.717) is 31.7 Å². The second kappa shape index (κ2) is 7.95. The Morgan fingerprint density at radius 2 is 1.55 bits per heavy atom. The Morgan fingerprint density at radius 1 is 0.897 bits per heavy atom. The predicted octanol–water partition coefficient (Wildman–Crippen LogP) is 3.86. The molecule has 148 valence electrons. The third kappa shape index (κ3) is 3.68. The van der Waals surface area contributed by atoms with E-state index in [2.05, 4.69) is 0 Å². The maximum Gasteiger partial charge on any atom is 0.314 e. The smallest absolute Gasteiger partial charge is 0.314 e. The van der Waals surface area contributed by atoms with Crippen molar-refractivity contribution in [2.45, 2.75) is 18.3 Å². The summed E-state index contributed by atoms with van der Waals surface area (Å²) >= 11 is 0. The summed E-state index contributed by atoms with van der Waals surface area (Å²) in [5, 5.41) is 11.9. The van der Waals surface area contributed by atoms with Gasteiger partial charge < -0.3 is 14.7 Å². The lowest BCUT2D eigenvalue weighted by atomic mass is 9.73. The van der Waals surface area contributed by atoms with Crippen molar-refractivity contribution in [1.82, 2.24) is 4.90 Å². The van der Waals surface area contributed by atoms with Crippen LogP contribution in [0.4, 0.5) is 0 Å². The van der Waals surface area contributed by atoms with Gasteiger partial charge >= 0.3 is 5.97 Å². The van der Waals surface area contributed by atoms with Gasteiger partial charge in [-0.1, -0.05) is 66.7 Å². The molecule has 0 unspecified atom stereocenters. The number of likely N-dealkylation sites (tertiary alicyclic amines) is 1. The van der Waals surface area contributed by atoms with Crippen LogP contribution in [0.25, 0.3) is 10.8 Å². The van der Waals surface area contributed by atoms with Gasteiger partial charge in [-0.25, -0.2) is 0 Å². The third-order valence-corrected chi connectivity index (χ3v) is 5.81. The molecule has 4 rings (SSSR count). The van der Waals surface area contributed by atoms with E-state index >= 15 is 0 Å². The first-order chi connectivity index (χ1) is 14.1. The van der Waals surface area contributed by atoms with Crippen LogP contribution in [-0.2, 0) is 15.0 Å². The number of benzene rings is 3. The number of aliphatic carboxylic acids is 1. The third-order valence-electron chi connectivity index (χ3n) is 5.81. The number of piperidine rings is 1. The number of hydrogen-bond donors (Lipinski definition) is 1. The van der Waals surface area contributed by atoms with Crippen molar-refractivity contribution in [3.05, 3.63) is 78.4 Å². The van der Waals surface area contributed by atoms with E-state index in [0.717, 1.165) is 16.3 Å². The molecule has 0 radical (unpaired) electrons. The van der Waals surface area contributed by atoms with Crippen LogP contribution in [0.1, 0.15) is 18.4 Å². The molecular weight excluding hydrogens is 366 g/mol. The molecule has 3 aromatic rings. The number of nitrogens with zero attached hydrogens (tertiary/aromatic N) is 1. The summed E-state index contributed by atoms with van der Waals surface area (Å²) in [6, 6.07) is 23.0. The lowest BCUT2D eigenvalue weighted by Crippen LogP contribution is -2.50. The summed E-state index contributed by atoms with van der Waals surface area (Å²) in [6.07, 6.45) is 0.790. The SMILES string of the molecule is O=C(COc1cccc2ccccc12)N1CCC(C(=O)O)(c2ccccc2)CC1. The highest BCUT2D eigenvalue weighted by molar-refractivity contribution is 5.89. The summed E-state index contributed by atoms with van der Waals surface area (Å²) in [5.74, 6) is -0.273. The number of fused-ring (bicyclic) bond motifs is 1. The Hall–Kier alpha value is -3.34. The van der Waals surface area contributed by atoms with Crippen LogP contribution in [0.15, 0.2) is 72.8 Å². The van der Waals surface area contributed by atoms with Crippen molar-refractivity contribution in [3.8, 4) is 5.75 Å². The minimum absolute atomic E-state index is 0.0561. The molecule has 1 aliphatic rings. The Kier molecular flexibility index (Phi) is 5.21. The number of ether oxygens (including phenoxy) is 1. The van der Waals surface area contributed by atoms with Crippen molar-refractivity contribution in [3.63, 3.8) is 0 Å². The van der Waals surface area contributed by atoms with Crippen LogP contribution < -0.4 is 4.74 Å². The highest BCUT2D eigenvalue weighted by Crippen LogP contribution is 2.36. The Bertz CT molecular complexity index is 1020. The fraction of sp³-hybridized carbons (Fsp3) is 0.250. The Balaban J connectivity index is 1.42. The van der Waals surface area contributed by atoms with Crippen molar-refractivity contribution in [2.75, 3.05) is 19.7 Å². The molecule has 0 bridgehead atoms. The summed E-state index contributed by atoms with van der Waals surface area (Å²) in [5.41, 5.74) is -0.138. The molecule has 0 spiro atoms. The van der Waals surface area contributed by atoms with Crippen LogP contribution in [-0.4, -0.2) is 41.6 Å². The van der Waals surface area contributed by atoms with Crippen LogP contribution >= 0.6 is 0 Å². The Morgan fingerprint density at radius 3 is 2.28 bits per heavy atom. The molecule has 1 saturated heterocycles. The van der Waals surface area contributed by atoms with E-state index in [1.54, 1.807) is 4.90 Å². The molecule has 1 aliphatic heterocycles. The number of amides is 1. The molecule has 1 N–H and O–H groups in total. The number of carboxylic acids is 1.